The fraction of sp³-hybridized carbons (Fsp3) is 0.118. The highest BCUT2D eigenvalue weighted by molar-refractivity contribution is 6.02. The Kier molecular flexibility index (Phi) is 4.60. The predicted molar refractivity (Wildman–Crippen MR) is 83.6 cm³/mol. The van der Waals surface area contributed by atoms with Crippen molar-refractivity contribution in [3.63, 3.8) is 0 Å². The average Bonchev–Trinajstić information content (AvgIpc) is 2.89. The third-order valence-electron chi connectivity index (χ3n) is 3.49. The minimum atomic E-state index is -2.95. The van der Waals surface area contributed by atoms with Gasteiger partial charge in [-0.15, -0.1) is 0 Å². The maximum Gasteiger partial charge on any atom is 0.387 e. The second-order valence-corrected chi connectivity index (χ2v) is 5.27. The number of carbonyl (C=O) groups is 1. The van der Waals surface area contributed by atoms with E-state index in [9.17, 15) is 22.4 Å². The fourth-order valence-corrected chi connectivity index (χ4v) is 2.43. The Bertz CT molecular complexity index is 924. The van der Waals surface area contributed by atoms with Crippen molar-refractivity contribution in [2.75, 3.05) is 5.32 Å². The Morgan fingerprint density at radius 1 is 1.16 bits per heavy atom. The Morgan fingerprint density at radius 2 is 1.92 bits per heavy atom. The van der Waals surface area contributed by atoms with Gasteiger partial charge in [-0.25, -0.2) is 8.78 Å². The molecule has 0 atom stereocenters. The van der Waals surface area contributed by atoms with Crippen LogP contribution in [0.1, 0.15) is 5.56 Å². The number of ether oxygens (including phenoxy) is 1. The van der Waals surface area contributed by atoms with E-state index < -0.39 is 24.2 Å². The van der Waals surface area contributed by atoms with Crippen molar-refractivity contribution < 1.29 is 27.1 Å². The van der Waals surface area contributed by atoms with Crippen molar-refractivity contribution in [1.29, 1.82) is 0 Å². The molecule has 8 heteroatoms. The highest BCUT2D eigenvalue weighted by Crippen LogP contribution is 2.26. The lowest BCUT2D eigenvalue weighted by Gasteiger charge is -2.07. The van der Waals surface area contributed by atoms with E-state index in [1.165, 1.54) is 24.4 Å². The van der Waals surface area contributed by atoms with Gasteiger partial charge < -0.3 is 15.0 Å². The molecule has 2 aromatic carbocycles. The summed E-state index contributed by atoms with van der Waals surface area (Å²) in [5, 5.41) is 2.89. The number of hydrogen-bond acceptors (Lipinski definition) is 2. The minimum Gasteiger partial charge on any atom is -0.435 e. The third-order valence-corrected chi connectivity index (χ3v) is 3.49. The van der Waals surface area contributed by atoms with Crippen LogP contribution in [-0.2, 0) is 11.2 Å². The Morgan fingerprint density at radius 3 is 2.68 bits per heavy atom. The van der Waals surface area contributed by atoms with Crippen LogP contribution in [0.15, 0.2) is 42.6 Å². The molecule has 3 rings (SSSR count). The topological polar surface area (TPSA) is 54.1 Å². The van der Waals surface area contributed by atoms with E-state index in [-0.39, 0.29) is 12.2 Å². The van der Waals surface area contributed by atoms with E-state index in [1.807, 2.05) is 0 Å². The number of nitrogens with one attached hydrogen (secondary N) is 2. The standard InChI is InChI=1S/C17H12F4N2O2/c18-12-6-11-14(7-13(12)19)22-8-15(11)23-16(24)5-9-2-1-3-10(4-9)25-17(20)21/h1-4,6-8,17,22H,5H2,(H,23,24). The van der Waals surface area contributed by atoms with Gasteiger partial charge in [0.05, 0.1) is 17.6 Å². The molecule has 1 amide bonds. The summed E-state index contributed by atoms with van der Waals surface area (Å²) in [6.45, 7) is -2.95. The molecule has 0 aliphatic heterocycles. The van der Waals surface area contributed by atoms with E-state index >= 15 is 0 Å². The number of rotatable bonds is 5. The molecule has 130 valence electrons. The van der Waals surface area contributed by atoms with Crippen LogP contribution in [0.3, 0.4) is 0 Å². The van der Waals surface area contributed by atoms with Crippen molar-refractivity contribution in [2.24, 2.45) is 0 Å². The molecule has 3 aromatic rings. The molecular formula is C17H12F4N2O2. The summed E-state index contributed by atoms with van der Waals surface area (Å²) >= 11 is 0. The summed E-state index contributed by atoms with van der Waals surface area (Å²) in [4.78, 5) is 14.9. The minimum absolute atomic E-state index is 0.0510. The molecule has 1 heterocycles. The Hall–Kier alpha value is -3.03. The van der Waals surface area contributed by atoms with E-state index in [2.05, 4.69) is 15.0 Å². The monoisotopic (exact) mass is 352 g/mol. The first kappa shape index (κ1) is 16.8. The maximum atomic E-state index is 13.4. The van der Waals surface area contributed by atoms with Gasteiger partial charge in [0, 0.05) is 17.6 Å². The molecule has 4 nitrogen and oxygen atoms in total. The van der Waals surface area contributed by atoms with Gasteiger partial charge in [0.15, 0.2) is 11.6 Å². The van der Waals surface area contributed by atoms with Gasteiger partial charge in [0.2, 0.25) is 5.91 Å². The first-order valence-electron chi connectivity index (χ1n) is 7.22. The lowest BCUT2D eigenvalue weighted by Crippen LogP contribution is -2.14. The molecule has 0 aliphatic rings. The number of hydrogen-bond donors (Lipinski definition) is 2. The van der Waals surface area contributed by atoms with E-state index in [0.717, 1.165) is 12.1 Å². The molecule has 0 unspecified atom stereocenters. The molecular weight excluding hydrogens is 340 g/mol. The summed E-state index contributed by atoms with van der Waals surface area (Å²) in [5.74, 6) is -2.52. The number of aromatic amines is 1. The molecule has 0 saturated heterocycles. The number of alkyl halides is 2. The number of aromatic nitrogens is 1. The van der Waals surface area contributed by atoms with Crippen molar-refractivity contribution in [1.82, 2.24) is 4.98 Å². The molecule has 0 spiro atoms. The molecule has 1 aromatic heterocycles. The van der Waals surface area contributed by atoms with Gasteiger partial charge in [-0.2, -0.15) is 8.78 Å². The zero-order valence-electron chi connectivity index (χ0n) is 12.7. The Balaban J connectivity index is 1.74. The smallest absolute Gasteiger partial charge is 0.387 e. The first-order valence-corrected chi connectivity index (χ1v) is 7.22. The van der Waals surface area contributed by atoms with Crippen LogP contribution in [0.4, 0.5) is 23.2 Å². The number of H-pyrrole nitrogens is 1. The number of halogens is 4. The van der Waals surface area contributed by atoms with Gasteiger partial charge in [-0.3, -0.25) is 4.79 Å². The van der Waals surface area contributed by atoms with E-state index in [0.29, 0.717) is 22.2 Å². The molecule has 0 radical (unpaired) electrons. The quantitative estimate of drug-likeness (QED) is 0.675. The average molecular weight is 352 g/mol. The van der Waals surface area contributed by atoms with Crippen LogP contribution in [0.5, 0.6) is 5.75 Å². The summed E-state index contributed by atoms with van der Waals surface area (Å²) in [7, 11) is 0. The summed E-state index contributed by atoms with van der Waals surface area (Å²) in [5.41, 5.74) is 1.09. The summed E-state index contributed by atoms with van der Waals surface area (Å²) in [6.07, 6.45) is 1.31. The lowest BCUT2D eigenvalue weighted by molar-refractivity contribution is -0.115. The zero-order chi connectivity index (χ0) is 18.0. The number of anilines is 1. The number of amides is 1. The van der Waals surface area contributed by atoms with Crippen molar-refractivity contribution >= 4 is 22.5 Å². The Labute approximate surface area is 139 Å². The fourth-order valence-electron chi connectivity index (χ4n) is 2.43. The maximum absolute atomic E-state index is 13.4. The van der Waals surface area contributed by atoms with E-state index in [4.69, 9.17) is 0 Å². The molecule has 0 aliphatic carbocycles. The zero-order valence-corrected chi connectivity index (χ0v) is 12.7. The second-order valence-electron chi connectivity index (χ2n) is 5.27. The molecule has 0 saturated carbocycles. The third kappa shape index (κ3) is 3.90. The van der Waals surface area contributed by atoms with Crippen LogP contribution in [0.25, 0.3) is 10.9 Å². The van der Waals surface area contributed by atoms with Crippen LogP contribution < -0.4 is 10.1 Å². The SMILES string of the molecule is O=C(Cc1cccc(OC(F)F)c1)Nc1c[nH]c2cc(F)c(F)cc12. The molecule has 2 N–H and O–H groups in total. The van der Waals surface area contributed by atoms with E-state index in [1.54, 1.807) is 6.07 Å². The van der Waals surface area contributed by atoms with Gasteiger partial charge in [-0.1, -0.05) is 12.1 Å². The molecule has 25 heavy (non-hydrogen) atoms. The van der Waals surface area contributed by atoms with Crippen molar-refractivity contribution in [3.8, 4) is 5.75 Å². The van der Waals surface area contributed by atoms with Crippen LogP contribution in [0, 0.1) is 11.6 Å². The van der Waals surface area contributed by atoms with Crippen LogP contribution in [-0.4, -0.2) is 17.5 Å². The van der Waals surface area contributed by atoms with Gasteiger partial charge in [0.25, 0.3) is 0 Å². The van der Waals surface area contributed by atoms with Gasteiger partial charge in [-0.05, 0) is 23.8 Å². The van der Waals surface area contributed by atoms with Gasteiger partial charge >= 0.3 is 6.61 Å². The number of carbonyl (C=O) groups excluding carboxylic acids is 1. The van der Waals surface area contributed by atoms with Crippen molar-refractivity contribution in [3.05, 3.63) is 59.8 Å². The van der Waals surface area contributed by atoms with Crippen LogP contribution >= 0.6 is 0 Å². The number of benzene rings is 2. The van der Waals surface area contributed by atoms with Crippen LogP contribution in [0.2, 0.25) is 0 Å². The van der Waals surface area contributed by atoms with Gasteiger partial charge in [0.1, 0.15) is 5.75 Å². The number of fused-ring (bicyclic) bond motifs is 1. The molecule has 0 bridgehead atoms. The second kappa shape index (κ2) is 6.84. The predicted octanol–water partition coefficient (Wildman–Crippen LogP) is 4.23. The summed E-state index contributed by atoms with van der Waals surface area (Å²) < 4.78 is 55.3. The molecule has 0 fully saturated rings. The van der Waals surface area contributed by atoms with Crippen molar-refractivity contribution in [2.45, 2.75) is 13.0 Å². The normalized spacial score (nSPS) is 11.1. The lowest BCUT2D eigenvalue weighted by atomic mass is 10.1. The highest BCUT2D eigenvalue weighted by atomic mass is 19.3. The highest BCUT2D eigenvalue weighted by Gasteiger charge is 2.12. The summed E-state index contributed by atoms with van der Waals surface area (Å²) in [6, 6.07) is 7.73. The largest absolute Gasteiger partial charge is 0.435 e. The first-order chi connectivity index (χ1) is 11.9.